The highest BCUT2D eigenvalue weighted by atomic mass is 35.5. The van der Waals surface area contributed by atoms with E-state index in [4.69, 9.17) is 0 Å². The molecule has 1 aliphatic heterocycles. The van der Waals surface area contributed by atoms with Crippen molar-refractivity contribution in [1.29, 1.82) is 0 Å². The Morgan fingerprint density at radius 1 is 1.35 bits per heavy atom. The van der Waals surface area contributed by atoms with Crippen LogP contribution in [0.5, 0.6) is 0 Å². The van der Waals surface area contributed by atoms with Gasteiger partial charge in [0.2, 0.25) is 15.9 Å². The number of halogens is 1. The molecular formula is C17H30ClN3O3S2. The highest BCUT2D eigenvalue weighted by Gasteiger charge is 2.27. The molecule has 1 aromatic heterocycles. The Morgan fingerprint density at radius 2 is 2.04 bits per heavy atom. The number of sulfonamides is 1. The van der Waals surface area contributed by atoms with Crippen LogP contribution in [0.15, 0.2) is 16.3 Å². The molecule has 0 aliphatic carbocycles. The van der Waals surface area contributed by atoms with Gasteiger partial charge in [-0.25, -0.2) is 13.1 Å². The van der Waals surface area contributed by atoms with Crippen LogP contribution in [-0.2, 0) is 21.2 Å². The molecule has 3 N–H and O–H groups in total. The first kappa shape index (κ1) is 23.4. The lowest BCUT2D eigenvalue weighted by molar-refractivity contribution is -0.128. The van der Waals surface area contributed by atoms with Crippen molar-refractivity contribution in [2.24, 2.45) is 5.41 Å². The zero-order valence-electron chi connectivity index (χ0n) is 15.8. The van der Waals surface area contributed by atoms with E-state index in [0.29, 0.717) is 17.2 Å². The van der Waals surface area contributed by atoms with Crippen LogP contribution in [-0.4, -0.2) is 39.5 Å². The van der Waals surface area contributed by atoms with Gasteiger partial charge in [-0.3, -0.25) is 4.79 Å². The molecule has 9 heteroatoms. The van der Waals surface area contributed by atoms with Crippen LogP contribution in [0.3, 0.4) is 0 Å². The Bertz CT molecular complexity index is 698. The van der Waals surface area contributed by atoms with Gasteiger partial charge in [-0.1, -0.05) is 20.8 Å². The molecule has 0 saturated carbocycles. The van der Waals surface area contributed by atoms with E-state index in [9.17, 15) is 13.2 Å². The maximum atomic E-state index is 12.6. The third kappa shape index (κ3) is 6.49. The minimum atomic E-state index is -3.50. The van der Waals surface area contributed by atoms with E-state index in [1.54, 1.807) is 6.07 Å². The van der Waals surface area contributed by atoms with E-state index in [1.807, 2.05) is 33.8 Å². The van der Waals surface area contributed by atoms with Crippen molar-refractivity contribution in [3.63, 3.8) is 0 Å². The second-order valence-electron chi connectivity index (χ2n) is 7.59. The van der Waals surface area contributed by atoms with Crippen molar-refractivity contribution < 1.29 is 13.2 Å². The lowest BCUT2D eigenvalue weighted by atomic mass is 9.96. The minimum absolute atomic E-state index is 0. The normalized spacial score (nSPS) is 21.1. The predicted molar refractivity (Wildman–Crippen MR) is 109 cm³/mol. The Kier molecular flexibility index (Phi) is 8.54. The molecule has 2 atom stereocenters. The predicted octanol–water partition coefficient (Wildman–Crippen LogP) is 2.29. The smallest absolute Gasteiger partial charge is 0.250 e. The molecule has 6 nitrogen and oxygen atoms in total. The van der Waals surface area contributed by atoms with Crippen molar-refractivity contribution in [3.05, 3.63) is 17.0 Å². The second-order valence-corrected chi connectivity index (χ2v) is 10.7. The Labute approximate surface area is 167 Å². The fraction of sp³-hybridized carbons (Fsp3) is 0.706. The van der Waals surface area contributed by atoms with E-state index in [-0.39, 0.29) is 30.4 Å². The van der Waals surface area contributed by atoms with Gasteiger partial charge in [-0.15, -0.1) is 23.7 Å². The van der Waals surface area contributed by atoms with Gasteiger partial charge >= 0.3 is 0 Å². The van der Waals surface area contributed by atoms with Gasteiger partial charge in [-0.2, -0.15) is 0 Å². The first-order valence-corrected chi connectivity index (χ1v) is 11.0. The summed E-state index contributed by atoms with van der Waals surface area (Å²) in [5.41, 5.74) is -0.418. The average molecular weight is 424 g/mol. The van der Waals surface area contributed by atoms with Gasteiger partial charge in [-0.05, 0) is 44.9 Å². The number of carbonyl (C=O) groups is 1. The van der Waals surface area contributed by atoms with Gasteiger partial charge in [0.1, 0.15) is 4.21 Å². The van der Waals surface area contributed by atoms with Crippen LogP contribution in [0.25, 0.3) is 0 Å². The molecule has 150 valence electrons. The molecule has 1 amide bonds. The summed E-state index contributed by atoms with van der Waals surface area (Å²) in [4.78, 5) is 12.8. The summed E-state index contributed by atoms with van der Waals surface area (Å²) in [7, 11) is -3.50. The third-order valence-electron chi connectivity index (χ3n) is 4.31. The van der Waals surface area contributed by atoms with Crippen LogP contribution in [0, 0.1) is 5.41 Å². The summed E-state index contributed by atoms with van der Waals surface area (Å²) in [5, 5.41) is 6.18. The van der Waals surface area contributed by atoms with Gasteiger partial charge in [0.15, 0.2) is 0 Å². The van der Waals surface area contributed by atoms with Gasteiger partial charge in [0, 0.05) is 28.9 Å². The van der Waals surface area contributed by atoms with E-state index in [1.165, 1.54) is 11.3 Å². The second kappa shape index (κ2) is 9.50. The molecule has 2 unspecified atom stereocenters. The monoisotopic (exact) mass is 423 g/mol. The van der Waals surface area contributed by atoms with Crippen molar-refractivity contribution in [2.75, 3.05) is 13.1 Å². The molecule has 0 spiro atoms. The first-order valence-electron chi connectivity index (χ1n) is 8.72. The Hall–Kier alpha value is -0.670. The lowest BCUT2D eigenvalue weighted by Gasteiger charge is -2.30. The average Bonchev–Trinajstić information content (AvgIpc) is 2.98. The molecule has 26 heavy (non-hydrogen) atoms. The molecule has 2 rings (SSSR count). The standard InChI is InChI=1S/C17H29N3O3S2.ClH/c1-12-14(6-5-10-18-12)20-25(22,23)15-8-7-13(24-15)9-11-19-16(21)17(2,3)4;/h7-8,12,14,18,20H,5-6,9-11H2,1-4H3,(H,19,21);1H. The topological polar surface area (TPSA) is 87.3 Å². The van der Waals surface area contributed by atoms with E-state index < -0.39 is 15.4 Å². The summed E-state index contributed by atoms with van der Waals surface area (Å²) in [6, 6.07) is 3.53. The fourth-order valence-electron chi connectivity index (χ4n) is 2.66. The van der Waals surface area contributed by atoms with Crippen LogP contribution in [0.4, 0.5) is 0 Å². The summed E-state index contributed by atoms with van der Waals surface area (Å²) < 4.78 is 28.3. The quantitative estimate of drug-likeness (QED) is 0.655. The minimum Gasteiger partial charge on any atom is -0.355 e. The molecule has 2 heterocycles. The summed E-state index contributed by atoms with van der Waals surface area (Å²) in [6.07, 6.45) is 2.45. The SMILES string of the molecule is CC1NCCCC1NS(=O)(=O)c1ccc(CCNC(=O)C(C)(C)C)s1.Cl. The largest absolute Gasteiger partial charge is 0.355 e. The molecule has 1 aromatic rings. The van der Waals surface area contributed by atoms with E-state index >= 15 is 0 Å². The third-order valence-corrected chi connectivity index (χ3v) is 7.44. The molecular weight excluding hydrogens is 394 g/mol. The number of carbonyl (C=O) groups excluding carboxylic acids is 1. The zero-order chi connectivity index (χ0) is 18.7. The van der Waals surface area contributed by atoms with Crippen molar-refractivity contribution in [3.8, 4) is 0 Å². The zero-order valence-corrected chi connectivity index (χ0v) is 18.2. The number of nitrogens with one attached hydrogen (secondary N) is 3. The first-order chi connectivity index (χ1) is 11.6. The van der Waals surface area contributed by atoms with Gasteiger partial charge < -0.3 is 10.6 Å². The highest BCUT2D eigenvalue weighted by Crippen LogP contribution is 2.23. The van der Waals surface area contributed by atoms with Crippen LogP contribution < -0.4 is 15.4 Å². The molecule has 0 bridgehead atoms. The Balaban J connectivity index is 0.00000338. The fourth-order valence-corrected chi connectivity index (χ4v) is 5.39. The number of amides is 1. The van der Waals surface area contributed by atoms with Crippen molar-refractivity contribution in [2.45, 2.75) is 63.3 Å². The number of thiophene rings is 1. The maximum absolute atomic E-state index is 12.6. The summed E-state index contributed by atoms with van der Waals surface area (Å²) in [5.74, 6) is -0.00245. The number of hydrogen-bond donors (Lipinski definition) is 3. The van der Waals surface area contributed by atoms with Crippen LogP contribution >= 0.6 is 23.7 Å². The van der Waals surface area contributed by atoms with E-state index in [0.717, 1.165) is 24.3 Å². The van der Waals surface area contributed by atoms with Crippen molar-refractivity contribution in [1.82, 2.24) is 15.4 Å². The maximum Gasteiger partial charge on any atom is 0.250 e. The van der Waals surface area contributed by atoms with Crippen LogP contribution in [0.1, 0.15) is 45.4 Å². The number of hydrogen-bond acceptors (Lipinski definition) is 5. The number of rotatable bonds is 6. The lowest BCUT2D eigenvalue weighted by Crippen LogP contribution is -2.51. The highest BCUT2D eigenvalue weighted by molar-refractivity contribution is 7.91. The molecule has 0 aromatic carbocycles. The van der Waals surface area contributed by atoms with E-state index in [2.05, 4.69) is 15.4 Å². The molecule has 1 saturated heterocycles. The molecule has 1 fully saturated rings. The van der Waals surface area contributed by atoms with Crippen molar-refractivity contribution >= 4 is 39.7 Å². The van der Waals surface area contributed by atoms with Gasteiger partial charge in [0.25, 0.3) is 0 Å². The van der Waals surface area contributed by atoms with Gasteiger partial charge in [0.05, 0.1) is 0 Å². The number of piperidine rings is 1. The molecule has 1 aliphatic rings. The molecule has 0 radical (unpaired) electrons. The van der Waals surface area contributed by atoms with Crippen LogP contribution in [0.2, 0.25) is 0 Å². The summed E-state index contributed by atoms with van der Waals surface area (Å²) in [6.45, 7) is 9.04. The summed E-state index contributed by atoms with van der Waals surface area (Å²) >= 11 is 1.27. The Morgan fingerprint density at radius 3 is 2.65 bits per heavy atom.